The van der Waals surface area contributed by atoms with Gasteiger partial charge in [-0.05, 0) is 42.0 Å². The van der Waals surface area contributed by atoms with Crippen molar-refractivity contribution in [1.29, 1.82) is 0 Å². The summed E-state index contributed by atoms with van der Waals surface area (Å²) in [6.45, 7) is 0. The van der Waals surface area contributed by atoms with E-state index in [0.717, 1.165) is 5.56 Å². The number of benzene rings is 3. The number of nitrogens with one attached hydrogen (secondary N) is 1. The first kappa shape index (κ1) is 27.3. The first-order valence-corrected chi connectivity index (χ1v) is 12.6. The number of sulfonamides is 1. The van der Waals surface area contributed by atoms with Gasteiger partial charge in [0.1, 0.15) is 0 Å². The molecule has 0 saturated carbocycles. The van der Waals surface area contributed by atoms with E-state index < -0.39 is 10.0 Å². The molecule has 0 atom stereocenters. The quantitative estimate of drug-likeness (QED) is 0.307. The molecule has 11 heteroatoms. The van der Waals surface area contributed by atoms with Crippen molar-refractivity contribution in [3.8, 4) is 28.7 Å². The maximum absolute atomic E-state index is 13.1. The lowest BCUT2D eigenvalue weighted by Crippen LogP contribution is -2.14. The Morgan fingerprint density at radius 3 is 1.81 bits per heavy atom. The minimum Gasteiger partial charge on any atom is -0.493 e. The smallest absolute Gasteiger partial charge is 0.261 e. The van der Waals surface area contributed by atoms with E-state index in [1.807, 2.05) is 0 Å². The van der Waals surface area contributed by atoms with Gasteiger partial charge in [0, 0.05) is 11.6 Å². The molecule has 0 aliphatic carbocycles. The van der Waals surface area contributed by atoms with Crippen LogP contribution in [0.15, 0.2) is 47.4 Å². The molecule has 0 aromatic heterocycles. The van der Waals surface area contributed by atoms with Gasteiger partial charge in [-0.25, -0.2) is 8.42 Å². The third-order valence-electron chi connectivity index (χ3n) is 5.14. The van der Waals surface area contributed by atoms with Crippen LogP contribution in [0.1, 0.15) is 11.1 Å². The fourth-order valence-electron chi connectivity index (χ4n) is 3.35. The van der Waals surface area contributed by atoms with Gasteiger partial charge < -0.3 is 23.7 Å². The predicted molar refractivity (Wildman–Crippen MR) is 142 cm³/mol. The van der Waals surface area contributed by atoms with Crippen LogP contribution in [0.5, 0.6) is 28.7 Å². The Bertz CT molecular complexity index is 1370. The Hall–Kier alpha value is -3.27. The molecular formula is C25H25Cl2NO7S. The summed E-state index contributed by atoms with van der Waals surface area (Å²) in [6, 6.07) is 10.8. The minimum absolute atomic E-state index is 0.0498. The molecular weight excluding hydrogens is 529 g/mol. The first-order chi connectivity index (χ1) is 17.2. The Morgan fingerprint density at radius 2 is 1.28 bits per heavy atom. The number of anilines is 1. The maximum Gasteiger partial charge on any atom is 0.261 e. The molecule has 0 aliphatic rings. The Morgan fingerprint density at radius 1 is 0.694 bits per heavy atom. The van der Waals surface area contributed by atoms with Crippen molar-refractivity contribution in [2.24, 2.45) is 0 Å². The van der Waals surface area contributed by atoms with Crippen molar-refractivity contribution in [1.82, 2.24) is 0 Å². The second kappa shape index (κ2) is 11.6. The van der Waals surface area contributed by atoms with E-state index in [4.69, 9.17) is 46.9 Å². The molecule has 0 spiro atoms. The summed E-state index contributed by atoms with van der Waals surface area (Å²) in [4.78, 5) is -0.0498. The lowest BCUT2D eigenvalue weighted by Gasteiger charge is -2.16. The van der Waals surface area contributed by atoms with Crippen molar-refractivity contribution in [3.63, 3.8) is 0 Å². The fraction of sp³-hybridized carbons (Fsp3) is 0.200. The van der Waals surface area contributed by atoms with Crippen molar-refractivity contribution in [2.75, 3.05) is 40.3 Å². The molecule has 0 amide bonds. The average molecular weight is 554 g/mol. The molecule has 0 unspecified atom stereocenters. The molecule has 0 aliphatic heterocycles. The van der Waals surface area contributed by atoms with Crippen molar-refractivity contribution >= 4 is 51.1 Å². The zero-order valence-electron chi connectivity index (χ0n) is 20.2. The lowest BCUT2D eigenvalue weighted by molar-refractivity contribution is 0.324. The highest BCUT2D eigenvalue weighted by Gasteiger charge is 2.19. The van der Waals surface area contributed by atoms with Crippen LogP contribution in [-0.4, -0.2) is 44.0 Å². The summed E-state index contributed by atoms with van der Waals surface area (Å²) in [5, 5.41) is 0.366. The molecule has 1 N–H and O–H groups in total. The van der Waals surface area contributed by atoms with Crippen LogP contribution >= 0.6 is 23.2 Å². The van der Waals surface area contributed by atoms with Gasteiger partial charge in [-0.2, -0.15) is 0 Å². The summed E-state index contributed by atoms with van der Waals surface area (Å²) < 4.78 is 55.8. The Balaban J connectivity index is 2.09. The maximum atomic E-state index is 13.1. The van der Waals surface area contributed by atoms with E-state index in [1.165, 1.54) is 59.8 Å². The molecule has 3 rings (SSSR count). The second-order valence-electron chi connectivity index (χ2n) is 7.27. The van der Waals surface area contributed by atoms with Crippen LogP contribution in [0.25, 0.3) is 12.2 Å². The van der Waals surface area contributed by atoms with Crippen LogP contribution in [0.2, 0.25) is 10.0 Å². The van der Waals surface area contributed by atoms with E-state index in [2.05, 4.69) is 4.72 Å². The van der Waals surface area contributed by atoms with Gasteiger partial charge in [0.15, 0.2) is 23.0 Å². The SMILES string of the molecule is COc1cc(C=Cc2cc(OC)c(OC)c(OC)c2)c(NS(=O)(=O)c2ccc(Cl)c(Cl)c2)cc1OC. The van der Waals surface area contributed by atoms with Gasteiger partial charge in [0.25, 0.3) is 10.0 Å². The zero-order valence-corrected chi connectivity index (χ0v) is 22.5. The Kier molecular flexibility index (Phi) is 8.84. The molecule has 36 heavy (non-hydrogen) atoms. The molecule has 3 aromatic rings. The molecule has 0 heterocycles. The highest BCUT2D eigenvalue weighted by atomic mass is 35.5. The predicted octanol–water partition coefficient (Wildman–Crippen LogP) is 6.01. The Labute approximate surface area is 220 Å². The third-order valence-corrected chi connectivity index (χ3v) is 7.25. The monoisotopic (exact) mass is 553 g/mol. The molecule has 0 bridgehead atoms. The van der Waals surface area contributed by atoms with Crippen molar-refractivity contribution in [2.45, 2.75) is 4.90 Å². The van der Waals surface area contributed by atoms with E-state index in [0.29, 0.717) is 34.3 Å². The molecule has 8 nitrogen and oxygen atoms in total. The molecule has 0 radical (unpaired) electrons. The van der Waals surface area contributed by atoms with Gasteiger partial charge in [-0.15, -0.1) is 0 Å². The normalized spacial score (nSPS) is 11.3. The standard InChI is InChI=1S/C25H25Cl2NO7S/c1-31-21-12-16(7-6-15-10-23(33-3)25(35-5)24(11-15)34-4)20(14-22(21)32-2)28-36(29,30)17-8-9-18(26)19(27)13-17/h6-14,28H,1-5H3. The van der Waals surface area contributed by atoms with Crippen LogP contribution in [0.4, 0.5) is 5.69 Å². The summed E-state index contributed by atoms with van der Waals surface area (Å²) in [5.41, 5.74) is 1.48. The zero-order chi connectivity index (χ0) is 26.5. The van der Waals surface area contributed by atoms with E-state index in [-0.39, 0.29) is 20.6 Å². The number of ether oxygens (including phenoxy) is 5. The van der Waals surface area contributed by atoms with E-state index >= 15 is 0 Å². The van der Waals surface area contributed by atoms with Gasteiger partial charge in [-0.3, -0.25) is 4.72 Å². The van der Waals surface area contributed by atoms with Gasteiger partial charge in [0.05, 0.1) is 56.2 Å². The number of hydrogen-bond acceptors (Lipinski definition) is 7. The summed E-state index contributed by atoms with van der Waals surface area (Å²) in [7, 11) is 3.50. The van der Waals surface area contributed by atoms with Crippen molar-refractivity contribution < 1.29 is 32.1 Å². The van der Waals surface area contributed by atoms with E-state index in [9.17, 15) is 8.42 Å². The van der Waals surface area contributed by atoms with Gasteiger partial charge in [0.2, 0.25) is 5.75 Å². The lowest BCUT2D eigenvalue weighted by atomic mass is 10.1. The van der Waals surface area contributed by atoms with E-state index in [1.54, 1.807) is 30.4 Å². The molecule has 192 valence electrons. The largest absolute Gasteiger partial charge is 0.493 e. The average Bonchev–Trinajstić information content (AvgIpc) is 2.88. The summed E-state index contributed by atoms with van der Waals surface area (Å²) in [5.74, 6) is 2.17. The van der Waals surface area contributed by atoms with Crippen LogP contribution < -0.4 is 28.4 Å². The molecule has 0 saturated heterocycles. The third kappa shape index (κ3) is 5.92. The molecule has 0 fully saturated rings. The topological polar surface area (TPSA) is 92.3 Å². The number of halogens is 2. The van der Waals surface area contributed by atoms with Crippen molar-refractivity contribution in [3.05, 3.63) is 63.6 Å². The van der Waals surface area contributed by atoms with Crippen LogP contribution in [0, 0.1) is 0 Å². The fourth-order valence-corrected chi connectivity index (χ4v) is 4.82. The minimum atomic E-state index is -4.01. The number of rotatable bonds is 10. The van der Waals surface area contributed by atoms with Gasteiger partial charge in [-0.1, -0.05) is 35.4 Å². The number of hydrogen-bond donors (Lipinski definition) is 1. The summed E-state index contributed by atoms with van der Waals surface area (Å²) in [6.07, 6.45) is 3.48. The number of methoxy groups -OCH3 is 5. The summed E-state index contributed by atoms with van der Waals surface area (Å²) >= 11 is 12.0. The highest BCUT2D eigenvalue weighted by molar-refractivity contribution is 7.92. The second-order valence-corrected chi connectivity index (χ2v) is 9.76. The highest BCUT2D eigenvalue weighted by Crippen LogP contribution is 2.40. The van der Waals surface area contributed by atoms with Crippen LogP contribution in [-0.2, 0) is 10.0 Å². The first-order valence-electron chi connectivity index (χ1n) is 10.4. The van der Waals surface area contributed by atoms with Crippen LogP contribution in [0.3, 0.4) is 0 Å². The molecule has 3 aromatic carbocycles. The van der Waals surface area contributed by atoms with Gasteiger partial charge >= 0.3 is 0 Å².